The van der Waals surface area contributed by atoms with Gasteiger partial charge in [-0.1, -0.05) is 31.2 Å². The van der Waals surface area contributed by atoms with Crippen molar-refractivity contribution in [3.05, 3.63) is 47.5 Å². The summed E-state index contributed by atoms with van der Waals surface area (Å²) >= 11 is 5.29. The summed E-state index contributed by atoms with van der Waals surface area (Å²) in [6.45, 7) is 10.6. The molecular weight excluding hydrogens is 268 g/mol. The highest BCUT2D eigenvalue weighted by Crippen LogP contribution is 2.29. The van der Waals surface area contributed by atoms with Crippen LogP contribution < -0.4 is 5.32 Å². The van der Waals surface area contributed by atoms with Gasteiger partial charge in [0.25, 0.3) is 0 Å². The van der Waals surface area contributed by atoms with Crippen molar-refractivity contribution in [2.75, 3.05) is 6.54 Å². The number of benzene rings is 1. The van der Waals surface area contributed by atoms with Crippen LogP contribution in [0.15, 0.2) is 30.9 Å². The first kappa shape index (κ1) is 15.0. The van der Waals surface area contributed by atoms with E-state index in [1.54, 1.807) is 11.0 Å². The Labute approximate surface area is 126 Å². The minimum atomic E-state index is -0.615. The first-order valence-corrected chi connectivity index (χ1v) is 7.30. The molecule has 108 valence electrons. The molecule has 2 rings (SSSR count). The molecule has 0 bridgehead atoms. The quantitative estimate of drug-likeness (QED) is 0.659. The number of aryl methyl sites for hydroxylation is 1. The number of thiocarbonyl (C=S) groups is 1. The van der Waals surface area contributed by atoms with E-state index >= 15 is 0 Å². The molecule has 0 spiro atoms. The third kappa shape index (κ3) is 2.58. The number of nitrogens with zero attached hydrogens (tertiary/aromatic N) is 1. The number of aliphatic hydroxyl groups is 1. The molecule has 3 unspecified atom stereocenters. The van der Waals surface area contributed by atoms with Crippen molar-refractivity contribution in [1.29, 1.82) is 0 Å². The van der Waals surface area contributed by atoms with E-state index in [2.05, 4.69) is 50.9 Å². The minimum absolute atomic E-state index is 0.0945. The average molecular weight is 290 g/mol. The first-order valence-electron chi connectivity index (χ1n) is 6.89. The van der Waals surface area contributed by atoms with Gasteiger partial charge in [0, 0.05) is 12.5 Å². The lowest BCUT2D eigenvalue weighted by Gasteiger charge is -2.26. The topological polar surface area (TPSA) is 35.5 Å². The average Bonchev–Trinajstić information content (AvgIpc) is 2.70. The molecule has 1 aliphatic rings. The molecule has 0 aliphatic carbocycles. The summed E-state index contributed by atoms with van der Waals surface area (Å²) in [6, 6.07) is 6.21. The van der Waals surface area contributed by atoms with E-state index in [4.69, 9.17) is 12.2 Å². The Morgan fingerprint density at radius 3 is 2.85 bits per heavy atom. The summed E-state index contributed by atoms with van der Waals surface area (Å²) < 4.78 is 0. The highest BCUT2D eigenvalue weighted by Gasteiger charge is 2.38. The molecule has 0 saturated carbocycles. The molecule has 0 aromatic heterocycles. The third-order valence-electron chi connectivity index (χ3n) is 4.19. The van der Waals surface area contributed by atoms with Gasteiger partial charge in [-0.15, -0.1) is 6.58 Å². The van der Waals surface area contributed by atoms with Gasteiger partial charge in [-0.2, -0.15) is 0 Å². The van der Waals surface area contributed by atoms with Crippen molar-refractivity contribution in [2.24, 2.45) is 0 Å². The fraction of sp³-hybridized carbons (Fsp3) is 0.438. The first-order chi connectivity index (χ1) is 9.47. The molecule has 1 heterocycles. The largest absolute Gasteiger partial charge is 0.371 e. The lowest BCUT2D eigenvalue weighted by molar-refractivity contribution is 0.0508. The summed E-state index contributed by atoms with van der Waals surface area (Å²) in [5.74, 6) is 0.178. The molecule has 3 atom stereocenters. The standard InChI is InChI=1S/C16H22N2OS/c1-5-9-18-15(19)14(17-16(18)20)12(4)13-8-6-7-10(2)11(13)3/h5-8,12,14-15,19H,1,9H2,2-4H3,(H,17,20). The Morgan fingerprint density at radius 1 is 1.50 bits per heavy atom. The number of hydrogen-bond acceptors (Lipinski definition) is 2. The molecule has 0 amide bonds. The Bertz CT molecular complexity index is 529. The predicted octanol–water partition coefficient (Wildman–Crippen LogP) is 2.47. The van der Waals surface area contributed by atoms with Crippen molar-refractivity contribution >= 4 is 17.3 Å². The Morgan fingerprint density at radius 2 is 2.20 bits per heavy atom. The van der Waals surface area contributed by atoms with E-state index in [1.165, 1.54) is 16.7 Å². The zero-order chi connectivity index (χ0) is 14.9. The third-order valence-corrected chi connectivity index (χ3v) is 4.55. The van der Waals surface area contributed by atoms with E-state index in [0.29, 0.717) is 11.7 Å². The van der Waals surface area contributed by atoms with Crippen molar-refractivity contribution < 1.29 is 5.11 Å². The van der Waals surface area contributed by atoms with E-state index in [9.17, 15) is 5.11 Å². The normalized spacial score (nSPS) is 23.6. The van der Waals surface area contributed by atoms with Gasteiger partial charge in [0.05, 0.1) is 6.04 Å². The fourth-order valence-electron chi connectivity index (χ4n) is 2.79. The molecule has 1 aromatic rings. The van der Waals surface area contributed by atoms with Crippen LogP contribution >= 0.6 is 12.2 Å². The van der Waals surface area contributed by atoms with Crippen LogP contribution in [0.5, 0.6) is 0 Å². The maximum absolute atomic E-state index is 10.5. The van der Waals surface area contributed by atoms with Crippen molar-refractivity contribution in [3.63, 3.8) is 0 Å². The summed E-state index contributed by atoms with van der Waals surface area (Å²) in [4.78, 5) is 1.77. The molecule has 1 fully saturated rings. The fourth-order valence-corrected chi connectivity index (χ4v) is 3.11. The van der Waals surface area contributed by atoms with Gasteiger partial charge in [-0.3, -0.25) is 0 Å². The predicted molar refractivity (Wildman–Crippen MR) is 86.8 cm³/mol. The van der Waals surface area contributed by atoms with Crippen molar-refractivity contribution in [1.82, 2.24) is 10.2 Å². The maximum Gasteiger partial charge on any atom is 0.171 e. The van der Waals surface area contributed by atoms with Crippen LogP contribution in [0.25, 0.3) is 0 Å². The van der Waals surface area contributed by atoms with Gasteiger partial charge in [0.1, 0.15) is 6.23 Å². The molecule has 1 aliphatic heterocycles. The Kier molecular flexibility index (Phi) is 4.45. The zero-order valence-electron chi connectivity index (χ0n) is 12.3. The van der Waals surface area contributed by atoms with Crippen LogP contribution in [-0.2, 0) is 0 Å². The van der Waals surface area contributed by atoms with Crippen LogP contribution in [-0.4, -0.2) is 33.9 Å². The van der Waals surface area contributed by atoms with Crippen LogP contribution in [0, 0.1) is 13.8 Å². The van der Waals surface area contributed by atoms with E-state index in [0.717, 1.165) is 0 Å². The van der Waals surface area contributed by atoms with Gasteiger partial charge < -0.3 is 15.3 Å². The molecule has 1 aromatic carbocycles. The summed E-state index contributed by atoms with van der Waals surface area (Å²) in [5, 5.41) is 14.3. The molecule has 3 nitrogen and oxygen atoms in total. The molecular formula is C16H22N2OS. The van der Waals surface area contributed by atoms with Gasteiger partial charge in [-0.25, -0.2) is 0 Å². The summed E-state index contributed by atoms with van der Waals surface area (Å²) in [5.41, 5.74) is 3.80. The second-order valence-electron chi connectivity index (χ2n) is 5.41. The van der Waals surface area contributed by atoms with Crippen LogP contribution in [0.3, 0.4) is 0 Å². The Balaban J connectivity index is 2.26. The van der Waals surface area contributed by atoms with Crippen molar-refractivity contribution in [3.8, 4) is 0 Å². The van der Waals surface area contributed by atoms with Crippen LogP contribution in [0.1, 0.15) is 29.5 Å². The second-order valence-corrected chi connectivity index (χ2v) is 5.79. The van der Waals surface area contributed by atoms with Gasteiger partial charge in [0.15, 0.2) is 5.11 Å². The number of rotatable bonds is 4. The van der Waals surface area contributed by atoms with E-state index < -0.39 is 6.23 Å². The monoisotopic (exact) mass is 290 g/mol. The Hall–Kier alpha value is -1.39. The van der Waals surface area contributed by atoms with Gasteiger partial charge in [-0.05, 0) is 42.8 Å². The van der Waals surface area contributed by atoms with Crippen LogP contribution in [0.4, 0.5) is 0 Å². The lowest BCUT2D eigenvalue weighted by atomic mass is 9.88. The lowest BCUT2D eigenvalue weighted by Crippen LogP contribution is -2.39. The van der Waals surface area contributed by atoms with E-state index in [-0.39, 0.29) is 12.0 Å². The SMILES string of the molecule is C=CCN1C(=S)NC(C(C)c2cccc(C)c2C)C1O. The van der Waals surface area contributed by atoms with Gasteiger partial charge in [0.2, 0.25) is 0 Å². The summed E-state index contributed by atoms with van der Waals surface area (Å²) in [6.07, 6.45) is 1.14. The van der Waals surface area contributed by atoms with Gasteiger partial charge >= 0.3 is 0 Å². The molecule has 2 N–H and O–H groups in total. The molecule has 20 heavy (non-hydrogen) atoms. The molecule has 4 heteroatoms. The summed E-state index contributed by atoms with van der Waals surface area (Å²) in [7, 11) is 0. The highest BCUT2D eigenvalue weighted by atomic mass is 32.1. The molecule has 0 radical (unpaired) electrons. The number of aliphatic hydroxyl groups excluding tert-OH is 1. The number of hydrogen-bond donors (Lipinski definition) is 2. The highest BCUT2D eigenvalue weighted by molar-refractivity contribution is 7.80. The van der Waals surface area contributed by atoms with Crippen molar-refractivity contribution in [2.45, 2.75) is 39.0 Å². The second kappa shape index (κ2) is 5.94. The smallest absolute Gasteiger partial charge is 0.171 e. The number of nitrogens with one attached hydrogen (secondary N) is 1. The zero-order valence-corrected chi connectivity index (χ0v) is 13.1. The minimum Gasteiger partial charge on any atom is -0.371 e. The van der Waals surface area contributed by atoms with Crippen LogP contribution in [0.2, 0.25) is 0 Å². The molecule has 1 saturated heterocycles. The van der Waals surface area contributed by atoms with E-state index in [1.807, 2.05) is 0 Å². The maximum atomic E-state index is 10.5.